The Hall–Kier alpha value is -3.28. The number of anilines is 1. The second kappa shape index (κ2) is 17.6. The van der Waals surface area contributed by atoms with Crippen LogP contribution in [0.1, 0.15) is 123 Å². The predicted molar refractivity (Wildman–Crippen MR) is 158 cm³/mol. The number of carbonyl (C=O) groups excluding carboxylic acids is 3. The number of imidazole rings is 1. The molecule has 1 unspecified atom stereocenters. The van der Waals surface area contributed by atoms with Crippen molar-refractivity contribution in [2.75, 3.05) is 11.9 Å². The summed E-state index contributed by atoms with van der Waals surface area (Å²) in [4.78, 5) is 59.2. The summed E-state index contributed by atoms with van der Waals surface area (Å²) in [5.74, 6) is -1.17. The normalized spacial score (nSPS) is 18.3. The standard InChI is InChI=1S/C30H47N5O7/c1-4-5-6-7-8-9-10-11-12-13-14-15-16-17-25(38)32-30-33-28-27(29(39)34-30)31-20-35(28)26-18-23(41-22(3)37)24(42-26)19-40-21(2)36/h20,23-24,26H,4-19H2,1-3H3,(H2,32,33,34,38,39)/t23?,24-,26-/m1/s1. The molecule has 3 atom stereocenters. The summed E-state index contributed by atoms with van der Waals surface area (Å²) in [5, 5.41) is 2.69. The van der Waals surface area contributed by atoms with Gasteiger partial charge in [-0.25, -0.2) is 4.98 Å². The number of nitrogens with zero attached hydrogens (tertiary/aromatic N) is 3. The topological polar surface area (TPSA) is 155 Å². The number of hydrogen-bond donors (Lipinski definition) is 2. The zero-order chi connectivity index (χ0) is 30.3. The Morgan fingerprint density at radius 3 is 2.19 bits per heavy atom. The highest BCUT2D eigenvalue weighted by Gasteiger charge is 2.40. The highest BCUT2D eigenvalue weighted by molar-refractivity contribution is 5.89. The molecular weight excluding hydrogens is 542 g/mol. The number of aromatic nitrogens is 4. The first kappa shape index (κ1) is 33.2. The zero-order valence-electron chi connectivity index (χ0n) is 25.3. The number of rotatable bonds is 19. The van der Waals surface area contributed by atoms with Crippen molar-refractivity contribution < 1.29 is 28.6 Å². The second-order valence-electron chi connectivity index (χ2n) is 11.1. The number of carbonyl (C=O) groups is 3. The van der Waals surface area contributed by atoms with Crippen molar-refractivity contribution in [3.8, 4) is 0 Å². The molecule has 2 aromatic rings. The van der Waals surface area contributed by atoms with E-state index in [1.165, 1.54) is 84.4 Å². The molecule has 0 aliphatic carbocycles. The molecule has 0 spiro atoms. The van der Waals surface area contributed by atoms with Crippen LogP contribution in [-0.2, 0) is 28.6 Å². The number of ether oxygens (including phenoxy) is 3. The number of amides is 1. The summed E-state index contributed by atoms with van der Waals surface area (Å²) in [7, 11) is 0. The number of esters is 2. The fraction of sp³-hybridized carbons (Fsp3) is 0.733. The summed E-state index contributed by atoms with van der Waals surface area (Å²) < 4.78 is 18.0. The molecular formula is C30H47N5O7. The Kier molecular flexibility index (Phi) is 13.9. The van der Waals surface area contributed by atoms with Gasteiger partial charge >= 0.3 is 11.9 Å². The average molecular weight is 590 g/mol. The number of nitrogens with one attached hydrogen (secondary N) is 2. The van der Waals surface area contributed by atoms with Crippen LogP contribution in [0.3, 0.4) is 0 Å². The molecule has 1 amide bonds. The van der Waals surface area contributed by atoms with E-state index in [1.54, 1.807) is 4.57 Å². The average Bonchev–Trinajstić information content (AvgIpc) is 3.54. The van der Waals surface area contributed by atoms with Crippen molar-refractivity contribution in [1.29, 1.82) is 0 Å². The molecule has 12 nitrogen and oxygen atoms in total. The van der Waals surface area contributed by atoms with Gasteiger partial charge in [-0.1, -0.05) is 84.0 Å². The highest BCUT2D eigenvalue weighted by Crippen LogP contribution is 2.32. The lowest BCUT2D eigenvalue weighted by molar-refractivity contribution is -0.155. The molecule has 0 radical (unpaired) electrons. The van der Waals surface area contributed by atoms with Gasteiger partial charge in [0.25, 0.3) is 5.56 Å². The molecule has 2 N–H and O–H groups in total. The van der Waals surface area contributed by atoms with Gasteiger partial charge in [-0.3, -0.25) is 34.0 Å². The summed E-state index contributed by atoms with van der Waals surface area (Å²) >= 11 is 0. The number of fused-ring (bicyclic) bond motifs is 1. The van der Waals surface area contributed by atoms with Crippen LogP contribution in [0.25, 0.3) is 11.2 Å². The predicted octanol–water partition coefficient (Wildman–Crippen LogP) is 5.32. The SMILES string of the molecule is CCCCCCCCCCCCCCCC(=O)Nc1nc2c(ncn2[C@H]2CC(OC(C)=O)[C@@H](COC(C)=O)O2)c(=O)[nH]1. The van der Waals surface area contributed by atoms with Crippen molar-refractivity contribution in [1.82, 2.24) is 19.5 Å². The molecule has 3 rings (SSSR count). The monoisotopic (exact) mass is 589 g/mol. The molecule has 1 aliphatic heterocycles. The van der Waals surface area contributed by atoms with Crippen LogP contribution in [0.4, 0.5) is 5.95 Å². The quantitative estimate of drug-likeness (QED) is 0.164. The minimum atomic E-state index is -0.693. The van der Waals surface area contributed by atoms with Crippen LogP contribution < -0.4 is 10.9 Å². The van der Waals surface area contributed by atoms with E-state index in [2.05, 4.69) is 27.2 Å². The van der Waals surface area contributed by atoms with Crippen LogP contribution in [0.5, 0.6) is 0 Å². The molecule has 1 fully saturated rings. The molecule has 0 bridgehead atoms. The third-order valence-corrected chi connectivity index (χ3v) is 7.46. The van der Waals surface area contributed by atoms with Gasteiger partial charge < -0.3 is 14.2 Å². The maximum Gasteiger partial charge on any atom is 0.303 e. The molecule has 234 valence electrons. The van der Waals surface area contributed by atoms with E-state index in [-0.39, 0.29) is 36.0 Å². The maximum atomic E-state index is 12.7. The Bertz CT molecular complexity index is 1210. The maximum absolute atomic E-state index is 12.7. The van der Waals surface area contributed by atoms with Crippen LogP contribution in [-0.4, -0.2) is 56.2 Å². The van der Waals surface area contributed by atoms with Crippen LogP contribution >= 0.6 is 0 Å². The first-order valence-corrected chi connectivity index (χ1v) is 15.5. The van der Waals surface area contributed by atoms with Crippen molar-refractivity contribution >= 4 is 35.0 Å². The Balaban J connectivity index is 1.45. The van der Waals surface area contributed by atoms with Gasteiger partial charge in [0.1, 0.15) is 25.0 Å². The summed E-state index contributed by atoms with van der Waals surface area (Å²) in [6.07, 6.45) is 15.9. The van der Waals surface area contributed by atoms with E-state index < -0.39 is 35.9 Å². The van der Waals surface area contributed by atoms with Gasteiger partial charge in [0.2, 0.25) is 11.9 Å². The molecule has 2 aromatic heterocycles. The summed E-state index contributed by atoms with van der Waals surface area (Å²) in [5.41, 5.74) is -0.198. The van der Waals surface area contributed by atoms with Crippen molar-refractivity contribution in [3.05, 3.63) is 16.7 Å². The minimum absolute atomic E-state index is 0.0277. The van der Waals surface area contributed by atoms with Crippen LogP contribution in [0.2, 0.25) is 0 Å². The molecule has 12 heteroatoms. The first-order valence-electron chi connectivity index (χ1n) is 15.5. The molecule has 1 saturated heterocycles. The number of hydrogen-bond acceptors (Lipinski definition) is 9. The van der Waals surface area contributed by atoms with Crippen LogP contribution in [0, 0.1) is 0 Å². The van der Waals surface area contributed by atoms with Gasteiger partial charge in [0.15, 0.2) is 11.2 Å². The Labute approximate surface area is 247 Å². The lowest BCUT2D eigenvalue weighted by atomic mass is 10.0. The second-order valence-corrected chi connectivity index (χ2v) is 11.1. The van der Waals surface area contributed by atoms with E-state index in [4.69, 9.17) is 14.2 Å². The number of unbranched alkanes of at least 4 members (excludes halogenated alkanes) is 12. The van der Waals surface area contributed by atoms with E-state index in [9.17, 15) is 19.2 Å². The van der Waals surface area contributed by atoms with Crippen molar-refractivity contribution in [2.45, 2.75) is 136 Å². The van der Waals surface area contributed by atoms with E-state index in [0.717, 1.165) is 19.3 Å². The number of H-pyrrole nitrogens is 1. The van der Waals surface area contributed by atoms with Gasteiger partial charge in [0, 0.05) is 26.7 Å². The van der Waals surface area contributed by atoms with Gasteiger partial charge in [-0.15, -0.1) is 0 Å². The van der Waals surface area contributed by atoms with Gasteiger partial charge in [-0.05, 0) is 6.42 Å². The first-order chi connectivity index (χ1) is 20.3. The lowest BCUT2D eigenvalue weighted by Crippen LogP contribution is -2.31. The highest BCUT2D eigenvalue weighted by atomic mass is 16.6. The summed E-state index contributed by atoms with van der Waals surface area (Å²) in [6.45, 7) is 4.72. The van der Waals surface area contributed by atoms with Crippen molar-refractivity contribution in [3.63, 3.8) is 0 Å². The fourth-order valence-corrected chi connectivity index (χ4v) is 5.25. The molecule has 42 heavy (non-hydrogen) atoms. The summed E-state index contributed by atoms with van der Waals surface area (Å²) in [6, 6.07) is 0. The van der Waals surface area contributed by atoms with E-state index >= 15 is 0 Å². The Morgan fingerprint density at radius 1 is 0.976 bits per heavy atom. The van der Waals surface area contributed by atoms with E-state index in [1.807, 2.05) is 0 Å². The molecule has 0 aromatic carbocycles. The minimum Gasteiger partial charge on any atom is -0.463 e. The van der Waals surface area contributed by atoms with Crippen molar-refractivity contribution in [2.24, 2.45) is 0 Å². The van der Waals surface area contributed by atoms with Crippen LogP contribution in [0.15, 0.2) is 11.1 Å². The third kappa shape index (κ3) is 10.8. The molecule has 1 aliphatic rings. The smallest absolute Gasteiger partial charge is 0.303 e. The van der Waals surface area contributed by atoms with Gasteiger partial charge in [0.05, 0.1) is 6.33 Å². The Morgan fingerprint density at radius 2 is 1.60 bits per heavy atom. The van der Waals surface area contributed by atoms with E-state index in [0.29, 0.717) is 6.42 Å². The van der Waals surface area contributed by atoms with Gasteiger partial charge in [-0.2, -0.15) is 4.98 Å². The zero-order valence-corrected chi connectivity index (χ0v) is 25.3. The molecule has 3 heterocycles. The largest absolute Gasteiger partial charge is 0.463 e. The molecule has 0 saturated carbocycles. The third-order valence-electron chi connectivity index (χ3n) is 7.46. The lowest BCUT2D eigenvalue weighted by Gasteiger charge is -2.17. The fourth-order valence-electron chi connectivity index (χ4n) is 5.25. The number of aromatic amines is 1.